The highest BCUT2D eigenvalue weighted by molar-refractivity contribution is 14.0. The zero-order valence-corrected chi connectivity index (χ0v) is 21.8. The first-order valence-corrected chi connectivity index (χ1v) is 11.9. The van der Waals surface area contributed by atoms with Gasteiger partial charge in [0.15, 0.2) is 5.96 Å². The SMILES string of the molecule is CCNC(=NCC1CCOc2ccccc21)N1CCN(C(C)C(=O)N2CCCC2)CC1.I. The molecule has 3 aliphatic rings. The highest BCUT2D eigenvalue weighted by atomic mass is 127. The fourth-order valence-electron chi connectivity index (χ4n) is 4.91. The molecule has 1 aromatic carbocycles. The summed E-state index contributed by atoms with van der Waals surface area (Å²) in [5.41, 5.74) is 1.27. The van der Waals surface area contributed by atoms with Crippen molar-refractivity contribution in [3.05, 3.63) is 29.8 Å². The van der Waals surface area contributed by atoms with Gasteiger partial charge in [-0.2, -0.15) is 0 Å². The lowest BCUT2D eigenvalue weighted by Crippen LogP contribution is -2.57. The van der Waals surface area contributed by atoms with Crippen LogP contribution < -0.4 is 10.1 Å². The van der Waals surface area contributed by atoms with E-state index >= 15 is 0 Å². The minimum absolute atomic E-state index is 0. The monoisotopic (exact) mass is 555 g/mol. The minimum Gasteiger partial charge on any atom is -0.493 e. The molecule has 0 bridgehead atoms. The van der Waals surface area contributed by atoms with Crippen molar-refractivity contribution >= 4 is 35.8 Å². The predicted molar refractivity (Wildman–Crippen MR) is 139 cm³/mol. The van der Waals surface area contributed by atoms with Crippen LogP contribution in [0.5, 0.6) is 5.75 Å². The van der Waals surface area contributed by atoms with Crippen LogP contribution in [0.3, 0.4) is 0 Å². The second-order valence-electron chi connectivity index (χ2n) is 8.80. The zero-order valence-electron chi connectivity index (χ0n) is 19.5. The van der Waals surface area contributed by atoms with Crippen molar-refractivity contribution in [2.75, 3.05) is 59.0 Å². The Balaban J connectivity index is 0.00000289. The van der Waals surface area contributed by atoms with Crippen molar-refractivity contribution in [3.8, 4) is 5.75 Å². The average Bonchev–Trinajstić information content (AvgIpc) is 3.36. The number of hydrogen-bond acceptors (Lipinski definition) is 4. The molecule has 0 saturated carbocycles. The van der Waals surface area contributed by atoms with Crippen LogP contribution in [0.15, 0.2) is 29.3 Å². The van der Waals surface area contributed by atoms with E-state index in [2.05, 4.69) is 47.2 Å². The first kappa shape index (κ1) is 25.1. The Morgan fingerprint density at radius 1 is 1.12 bits per heavy atom. The number of aliphatic imine (C=N–C) groups is 1. The van der Waals surface area contributed by atoms with Crippen molar-refractivity contribution < 1.29 is 9.53 Å². The molecule has 0 aromatic heterocycles. The summed E-state index contributed by atoms with van der Waals surface area (Å²) in [5.74, 6) is 2.69. The summed E-state index contributed by atoms with van der Waals surface area (Å²) in [6.07, 6.45) is 3.29. The van der Waals surface area contributed by atoms with Crippen LogP contribution in [-0.4, -0.2) is 91.6 Å². The second kappa shape index (κ2) is 12.1. The van der Waals surface area contributed by atoms with Crippen molar-refractivity contribution in [1.82, 2.24) is 20.0 Å². The van der Waals surface area contributed by atoms with E-state index in [4.69, 9.17) is 9.73 Å². The molecule has 0 aliphatic carbocycles. The number of nitrogens with zero attached hydrogens (tertiary/aromatic N) is 4. The Bertz CT molecular complexity index is 775. The predicted octanol–water partition coefficient (Wildman–Crippen LogP) is 2.76. The molecule has 8 heteroatoms. The van der Waals surface area contributed by atoms with E-state index in [1.807, 2.05) is 11.0 Å². The molecule has 2 saturated heterocycles. The molecule has 1 amide bonds. The molecule has 2 unspecified atom stereocenters. The van der Waals surface area contributed by atoms with E-state index in [1.165, 1.54) is 5.56 Å². The van der Waals surface area contributed by atoms with Gasteiger partial charge < -0.3 is 19.9 Å². The molecule has 0 radical (unpaired) electrons. The van der Waals surface area contributed by atoms with Crippen LogP contribution in [0.1, 0.15) is 44.6 Å². The molecule has 3 aliphatic heterocycles. The Hall–Kier alpha value is -1.55. The third kappa shape index (κ3) is 5.87. The molecule has 1 N–H and O–H groups in total. The number of amides is 1. The number of ether oxygens (including phenoxy) is 1. The van der Waals surface area contributed by atoms with Gasteiger partial charge in [-0.3, -0.25) is 14.7 Å². The summed E-state index contributed by atoms with van der Waals surface area (Å²) in [6.45, 7) is 12.0. The van der Waals surface area contributed by atoms with Crippen LogP contribution in [0.4, 0.5) is 0 Å². The van der Waals surface area contributed by atoms with E-state index in [0.29, 0.717) is 11.8 Å². The molecule has 4 rings (SSSR count). The van der Waals surface area contributed by atoms with Crippen molar-refractivity contribution in [1.29, 1.82) is 0 Å². The van der Waals surface area contributed by atoms with Crippen LogP contribution in [0.2, 0.25) is 0 Å². The number of carbonyl (C=O) groups is 1. The van der Waals surface area contributed by atoms with Gasteiger partial charge >= 0.3 is 0 Å². The van der Waals surface area contributed by atoms with Gasteiger partial charge in [0, 0.05) is 58.3 Å². The van der Waals surface area contributed by atoms with Gasteiger partial charge in [0.25, 0.3) is 0 Å². The fraction of sp³-hybridized carbons (Fsp3) is 0.667. The molecule has 3 heterocycles. The highest BCUT2D eigenvalue weighted by Crippen LogP contribution is 2.33. The Labute approximate surface area is 209 Å². The lowest BCUT2D eigenvalue weighted by atomic mass is 9.93. The number of hydrogen-bond donors (Lipinski definition) is 1. The number of rotatable bonds is 5. The number of carbonyl (C=O) groups excluding carboxylic acids is 1. The normalized spacial score (nSPS) is 22.6. The quantitative estimate of drug-likeness (QED) is 0.344. The number of benzene rings is 1. The van der Waals surface area contributed by atoms with Crippen LogP contribution in [0, 0.1) is 0 Å². The Morgan fingerprint density at radius 2 is 1.84 bits per heavy atom. The number of likely N-dealkylation sites (tertiary alicyclic amines) is 1. The molecule has 1 aromatic rings. The van der Waals surface area contributed by atoms with Crippen LogP contribution in [-0.2, 0) is 4.79 Å². The number of halogens is 1. The lowest BCUT2D eigenvalue weighted by molar-refractivity contribution is -0.135. The fourth-order valence-corrected chi connectivity index (χ4v) is 4.91. The highest BCUT2D eigenvalue weighted by Gasteiger charge is 2.30. The first-order chi connectivity index (χ1) is 15.2. The van der Waals surface area contributed by atoms with Gasteiger partial charge in [0.05, 0.1) is 12.6 Å². The second-order valence-corrected chi connectivity index (χ2v) is 8.80. The molecule has 2 atom stereocenters. The molecule has 2 fully saturated rings. The maximum atomic E-state index is 12.8. The molecule has 7 nitrogen and oxygen atoms in total. The number of guanidine groups is 1. The molecular formula is C24H38IN5O2. The number of para-hydroxylation sites is 1. The van der Waals surface area contributed by atoms with Crippen molar-refractivity contribution in [3.63, 3.8) is 0 Å². The van der Waals surface area contributed by atoms with Crippen LogP contribution >= 0.6 is 24.0 Å². The van der Waals surface area contributed by atoms with E-state index in [1.54, 1.807) is 0 Å². The number of fused-ring (bicyclic) bond motifs is 1. The van der Waals surface area contributed by atoms with Crippen LogP contribution in [0.25, 0.3) is 0 Å². The first-order valence-electron chi connectivity index (χ1n) is 11.9. The summed E-state index contributed by atoms with van der Waals surface area (Å²) in [6, 6.07) is 8.31. The third-order valence-corrected chi connectivity index (χ3v) is 6.82. The van der Waals surface area contributed by atoms with E-state index < -0.39 is 0 Å². The average molecular weight is 556 g/mol. The molecule has 0 spiro atoms. The maximum Gasteiger partial charge on any atom is 0.239 e. The van der Waals surface area contributed by atoms with Gasteiger partial charge in [0.1, 0.15) is 5.75 Å². The standard InChI is InChI=1S/C24H37N5O2.HI/c1-3-25-24(26-18-20-10-17-31-22-9-5-4-8-21(20)22)29-15-13-27(14-16-29)19(2)23(30)28-11-6-7-12-28;/h4-5,8-9,19-20H,3,6-7,10-18H2,1-2H3,(H,25,26);1H. The maximum absolute atomic E-state index is 12.8. The third-order valence-electron chi connectivity index (χ3n) is 6.82. The Kier molecular flexibility index (Phi) is 9.46. The van der Waals surface area contributed by atoms with E-state index in [0.717, 1.165) is 89.9 Å². The summed E-state index contributed by atoms with van der Waals surface area (Å²) in [4.78, 5) is 24.5. The summed E-state index contributed by atoms with van der Waals surface area (Å²) < 4.78 is 5.80. The van der Waals surface area contributed by atoms with Crippen molar-refractivity contribution in [2.45, 2.75) is 45.1 Å². The van der Waals surface area contributed by atoms with Gasteiger partial charge in [-0.05, 0) is 44.7 Å². The Morgan fingerprint density at radius 3 is 2.56 bits per heavy atom. The minimum atomic E-state index is -0.0292. The number of nitrogens with one attached hydrogen (secondary N) is 1. The largest absolute Gasteiger partial charge is 0.493 e. The van der Waals surface area contributed by atoms with E-state index in [-0.39, 0.29) is 30.0 Å². The lowest BCUT2D eigenvalue weighted by Gasteiger charge is -2.39. The summed E-state index contributed by atoms with van der Waals surface area (Å²) >= 11 is 0. The van der Waals surface area contributed by atoms with Gasteiger partial charge in [-0.25, -0.2) is 0 Å². The van der Waals surface area contributed by atoms with Crippen molar-refractivity contribution in [2.24, 2.45) is 4.99 Å². The van der Waals surface area contributed by atoms with Gasteiger partial charge in [0.2, 0.25) is 5.91 Å². The molecule has 32 heavy (non-hydrogen) atoms. The molecule has 178 valence electrons. The van der Waals surface area contributed by atoms with E-state index in [9.17, 15) is 4.79 Å². The number of piperazine rings is 1. The van der Waals surface area contributed by atoms with Gasteiger partial charge in [-0.1, -0.05) is 18.2 Å². The smallest absolute Gasteiger partial charge is 0.239 e. The zero-order chi connectivity index (χ0) is 21.6. The topological polar surface area (TPSA) is 60.4 Å². The van der Waals surface area contributed by atoms with Gasteiger partial charge in [-0.15, -0.1) is 24.0 Å². The summed E-state index contributed by atoms with van der Waals surface area (Å²) in [5, 5.41) is 3.48. The molecular weight excluding hydrogens is 517 g/mol. The summed E-state index contributed by atoms with van der Waals surface area (Å²) in [7, 11) is 0.